The Morgan fingerprint density at radius 2 is 1.79 bits per heavy atom. The van der Waals surface area contributed by atoms with E-state index >= 15 is 0 Å². The molecule has 0 spiro atoms. The molecule has 4 heteroatoms. The standard InChI is InChI=1S/C24H21NO3/c1-27-19-9-18-14-25-20-11-17(8-15-6-4-3-5-7-15)22(26)12-16(20)10-21(25)24(18)23(13-19)28-2/h3-7,9-13,26H,8,14H2,1-2H3. The molecule has 0 atom stereocenters. The second-order valence-corrected chi connectivity index (χ2v) is 7.18. The molecule has 0 bridgehead atoms. The molecular weight excluding hydrogens is 350 g/mol. The number of fused-ring (bicyclic) bond motifs is 5. The maximum absolute atomic E-state index is 10.6. The van der Waals surface area contributed by atoms with Crippen LogP contribution in [0.2, 0.25) is 0 Å². The molecule has 0 aliphatic carbocycles. The molecule has 0 radical (unpaired) electrons. The summed E-state index contributed by atoms with van der Waals surface area (Å²) in [4.78, 5) is 0. The number of nitrogens with zero attached hydrogens (tertiary/aromatic N) is 1. The molecule has 0 saturated carbocycles. The zero-order chi connectivity index (χ0) is 19.3. The van der Waals surface area contributed by atoms with Crippen molar-refractivity contribution >= 4 is 10.9 Å². The second kappa shape index (κ2) is 6.34. The molecule has 140 valence electrons. The van der Waals surface area contributed by atoms with Crippen LogP contribution in [0.15, 0.2) is 60.7 Å². The monoisotopic (exact) mass is 371 g/mol. The Balaban J connectivity index is 1.64. The Morgan fingerprint density at radius 1 is 0.964 bits per heavy atom. The van der Waals surface area contributed by atoms with E-state index in [1.807, 2.05) is 30.3 Å². The fourth-order valence-electron chi connectivity index (χ4n) is 4.19. The Hall–Kier alpha value is -3.40. The van der Waals surface area contributed by atoms with Crippen molar-refractivity contribution in [3.8, 4) is 28.5 Å². The van der Waals surface area contributed by atoms with Crippen LogP contribution >= 0.6 is 0 Å². The van der Waals surface area contributed by atoms with Crippen LogP contribution in [0.3, 0.4) is 0 Å². The summed E-state index contributed by atoms with van der Waals surface area (Å²) in [5.74, 6) is 1.94. The first-order valence-corrected chi connectivity index (χ1v) is 9.32. The van der Waals surface area contributed by atoms with E-state index in [1.54, 1.807) is 14.2 Å². The quantitative estimate of drug-likeness (QED) is 0.484. The third-order valence-corrected chi connectivity index (χ3v) is 5.54. The highest BCUT2D eigenvalue weighted by atomic mass is 16.5. The smallest absolute Gasteiger partial charge is 0.132 e. The third kappa shape index (κ3) is 2.53. The molecule has 3 aromatic carbocycles. The van der Waals surface area contributed by atoms with E-state index in [4.69, 9.17) is 9.47 Å². The van der Waals surface area contributed by atoms with Gasteiger partial charge in [0.15, 0.2) is 0 Å². The highest BCUT2D eigenvalue weighted by Gasteiger charge is 2.26. The molecule has 28 heavy (non-hydrogen) atoms. The average molecular weight is 371 g/mol. The predicted molar refractivity (Wildman–Crippen MR) is 110 cm³/mol. The lowest BCUT2D eigenvalue weighted by molar-refractivity contribution is 0.395. The molecular formula is C24H21NO3. The summed E-state index contributed by atoms with van der Waals surface area (Å²) in [6.07, 6.45) is 0.702. The van der Waals surface area contributed by atoms with Gasteiger partial charge in [-0.15, -0.1) is 0 Å². The second-order valence-electron chi connectivity index (χ2n) is 7.18. The molecule has 0 amide bonds. The van der Waals surface area contributed by atoms with E-state index in [9.17, 15) is 5.11 Å². The minimum Gasteiger partial charge on any atom is -0.508 e. The van der Waals surface area contributed by atoms with Gasteiger partial charge in [-0.3, -0.25) is 0 Å². The highest BCUT2D eigenvalue weighted by Crippen LogP contribution is 2.45. The van der Waals surface area contributed by atoms with Gasteiger partial charge in [0.25, 0.3) is 0 Å². The van der Waals surface area contributed by atoms with Gasteiger partial charge in [-0.1, -0.05) is 30.3 Å². The van der Waals surface area contributed by atoms with Crippen LogP contribution in [-0.2, 0) is 13.0 Å². The van der Waals surface area contributed by atoms with Crippen molar-refractivity contribution in [1.29, 1.82) is 0 Å². The van der Waals surface area contributed by atoms with Crippen LogP contribution in [-0.4, -0.2) is 23.9 Å². The van der Waals surface area contributed by atoms with Crippen LogP contribution in [0.1, 0.15) is 16.7 Å². The number of methoxy groups -OCH3 is 2. The summed E-state index contributed by atoms with van der Waals surface area (Å²) >= 11 is 0. The molecule has 1 aromatic heterocycles. The van der Waals surface area contributed by atoms with Crippen LogP contribution in [0.4, 0.5) is 0 Å². The third-order valence-electron chi connectivity index (χ3n) is 5.54. The van der Waals surface area contributed by atoms with Crippen molar-refractivity contribution in [2.24, 2.45) is 0 Å². The van der Waals surface area contributed by atoms with E-state index < -0.39 is 0 Å². The number of aromatic hydroxyl groups is 1. The van der Waals surface area contributed by atoms with Crippen molar-refractivity contribution in [1.82, 2.24) is 4.57 Å². The molecule has 1 aliphatic heterocycles. The van der Waals surface area contributed by atoms with Crippen LogP contribution in [0.25, 0.3) is 22.2 Å². The molecule has 1 N–H and O–H groups in total. The minimum absolute atomic E-state index is 0.336. The molecule has 0 fully saturated rings. The normalized spacial score (nSPS) is 12.1. The molecule has 5 rings (SSSR count). The van der Waals surface area contributed by atoms with Gasteiger partial charge in [-0.25, -0.2) is 0 Å². The largest absolute Gasteiger partial charge is 0.508 e. The van der Waals surface area contributed by atoms with Gasteiger partial charge >= 0.3 is 0 Å². The van der Waals surface area contributed by atoms with Gasteiger partial charge in [0.05, 0.1) is 19.9 Å². The van der Waals surface area contributed by atoms with Crippen molar-refractivity contribution < 1.29 is 14.6 Å². The molecule has 2 heterocycles. The summed E-state index contributed by atoms with van der Waals surface area (Å²) in [5, 5.41) is 11.6. The maximum atomic E-state index is 10.6. The number of phenols is 1. The summed E-state index contributed by atoms with van der Waals surface area (Å²) < 4.78 is 13.3. The van der Waals surface area contributed by atoms with Crippen LogP contribution < -0.4 is 9.47 Å². The Labute approximate surface area is 163 Å². The first kappa shape index (κ1) is 16.8. The number of rotatable bonds is 4. The van der Waals surface area contributed by atoms with Crippen molar-refractivity contribution in [2.45, 2.75) is 13.0 Å². The van der Waals surface area contributed by atoms with E-state index in [-0.39, 0.29) is 0 Å². The Morgan fingerprint density at radius 3 is 2.54 bits per heavy atom. The van der Waals surface area contributed by atoms with Crippen molar-refractivity contribution in [3.63, 3.8) is 0 Å². The lowest BCUT2D eigenvalue weighted by Gasteiger charge is -2.10. The van der Waals surface area contributed by atoms with E-state index in [2.05, 4.69) is 34.9 Å². The first-order chi connectivity index (χ1) is 13.7. The van der Waals surface area contributed by atoms with Gasteiger partial charge in [-0.05, 0) is 35.4 Å². The van der Waals surface area contributed by atoms with Gasteiger partial charge in [0, 0.05) is 41.1 Å². The lowest BCUT2D eigenvalue weighted by atomic mass is 10.0. The first-order valence-electron chi connectivity index (χ1n) is 9.32. The molecule has 1 aliphatic rings. The van der Waals surface area contributed by atoms with Crippen molar-refractivity contribution in [2.75, 3.05) is 14.2 Å². The summed E-state index contributed by atoms with van der Waals surface area (Å²) in [7, 11) is 3.36. The number of hydrogen-bond acceptors (Lipinski definition) is 3. The molecule has 0 unspecified atom stereocenters. The number of aromatic nitrogens is 1. The SMILES string of the molecule is COc1cc2c(c(OC)c1)-c1cc3cc(O)c(Cc4ccccc4)cc3n1C2. The number of ether oxygens (including phenoxy) is 2. The van der Waals surface area contributed by atoms with Gasteiger partial charge in [-0.2, -0.15) is 0 Å². The van der Waals surface area contributed by atoms with Gasteiger partial charge in [0.1, 0.15) is 17.2 Å². The Kier molecular flexibility index (Phi) is 3.79. The zero-order valence-corrected chi connectivity index (χ0v) is 15.9. The lowest BCUT2D eigenvalue weighted by Crippen LogP contribution is -1.95. The van der Waals surface area contributed by atoms with Gasteiger partial charge < -0.3 is 19.1 Å². The van der Waals surface area contributed by atoms with Gasteiger partial charge in [0.2, 0.25) is 0 Å². The van der Waals surface area contributed by atoms with Crippen molar-refractivity contribution in [3.05, 3.63) is 77.4 Å². The van der Waals surface area contributed by atoms with Crippen LogP contribution in [0, 0.1) is 0 Å². The molecule has 0 saturated heterocycles. The van der Waals surface area contributed by atoms with E-state index in [1.165, 1.54) is 11.1 Å². The average Bonchev–Trinajstić information content (AvgIpc) is 3.23. The highest BCUT2D eigenvalue weighted by molar-refractivity contribution is 5.92. The predicted octanol–water partition coefficient (Wildman–Crippen LogP) is 4.98. The Bertz CT molecular complexity index is 1190. The fourth-order valence-corrected chi connectivity index (χ4v) is 4.19. The summed E-state index contributed by atoms with van der Waals surface area (Å²) in [6, 6.07) is 20.3. The maximum Gasteiger partial charge on any atom is 0.132 e. The topological polar surface area (TPSA) is 43.6 Å². The van der Waals surface area contributed by atoms with E-state index in [0.29, 0.717) is 12.2 Å². The minimum atomic E-state index is 0.336. The van der Waals surface area contributed by atoms with E-state index in [0.717, 1.165) is 45.8 Å². The summed E-state index contributed by atoms with van der Waals surface area (Å²) in [6.45, 7) is 0.761. The van der Waals surface area contributed by atoms with Crippen LogP contribution in [0.5, 0.6) is 17.2 Å². The number of benzene rings is 3. The molecule has 4 nitrogen and oxygen atoms in total. The summed E-state index contributed by atoms with van der Waals surface area (Å²) in [5.41, 5.74) is 6.63. The molecule has 4 aromatic rings. The number of hydrogen-bond donors (Lipinski definition) is 1. The zero-order valence-electron chi connectivity index (χ0n) is 15.9. The fraction of sp³-hybridized carbons (Fsp3) is 0.167. The number of phenolic OH excluding ortho intramolecular Hbond substituents is 1.